The van der Waals surface area contributed by atoms with Gasteiger partial charge in [0, 0.05) is 5.56 Å². The number of ether oxygens (including phenoxy) is 4. The molecule has 0 spiro atoms. The Morgan fingerprint density at radius 1 is 0.958 bits per heavy atom. The fourth-order valence-electron chi connectivity index (χ4n) is 1.65. The van der Waals surface area contributed by atoms with Crippen molar-refractivity contribution in [2.75, 3.05) is 26.4 Å². The van der Waals surface area contributed by atoms with Gasteiger partial charge in [-0.3, -0.25) is 4.79 Å². The molecule has 0 saturated carbocycles. The molecule has 1 rings (SSSR count). The molecule has 0 amide bonds. The Kier molecular flexibility index (Phi) is 7.97. The first-order valence-electron chi connectivity index (χ1n) is 7.22. The molecule has 0 fully saturated rings. The summed E-state index contributed by atoms with van der Waals surface area (Å²) in [4.78, 5) is 45.5. The van der Waals surface area contributed by atoms with E-state index >= 15 is 0 Å². The van der Waals surface area contributed by atoms with Gasteiger partial charge in [0.2, 0.25) is 0 Å². The van der Waals surface area contributed by atoms with E-state index in [4.69, 9.17) is 14.2 Å². The third-order valence-corrected chi connectivity index (χ3v) is 2.64. The van der Waals surface area contributed by atoms with Gasteiger partial charge in [0.1, 0.15) is 17.6 Å². The maximum atomic E-state index is 12.1. The lowest BCUT2D eigenvalue weighted by Crippen LogP contribution is -2.19. The topological polar surface area (TPSA) is 105 Å². The molecule has 0 atom stereocenters. The van der Waals surface area contributed by atoms with Gasteiger partial charge in [-0.15, -0.1) is 0 Å². The van der Waals surface area contributed by atoms with E-state index < -0.39 is 31.1 Å². The molecule has 0 heterocycles. The zero-order chi connectivity index (χ0) is 17.9. The molecular formula is C16H18O8. The first kappa shape index (κ1) is 19.1. The Morgan fingerprint density at radius 3 is 2.17 bits per heavy atom. The van der Waals surface area contributed by atoms with Crippen molar-refractivity contribution >= 4 is 24.2 Å². The van der Waals surface area contributed by atoms with E-state index in [1.54, 1.807) is 13.8 Å². The Labute approximate surface area is 138 Å². The minimum absolute atomic E-state index is 0.0301. The summed E-state index contributed by atoms with van der Waals surface area (Å²) in [6, 6.07) is 4.00. The van der Waals surface area contributed by atoms with E-state index in [2.05, 4.69) is 4.74 Å². The van der Waals surface area contributed by atoms with E-state index in [-0.39, 0.29) is 30.1 Å². The second kappa shape index (κ2) is 9.98. The fourth-order valence-corrected chi connectivity index (χ4v) is 1.65. The van der Waals surface area contributed by atoms with Gasteiger partial charge in [-0.25, -0.2) is 14.4 Å². The van der Waals surface area contributed by atoms with Crippen LogP contribution in [-0.4, -0.2) is 50.6 Å². The van der Waals surface area contributed by atoms with Crippen molar-refractivity contribution in [1.82, 2.24) is 0 Å². The smallest absolute Gasteiger partial charge is 0.344 e. The zero-order valence-electron chi connectivity index (χ0n) is 13.4. The molecule has 0 aliphatic rings. The summed E-state index contributed by atoms with van der Waals surface area (Å²) in [7, 11) is 0. The van der Waals surface area contributed by atoms with Gasteiger partial charge in [0.15, 0.2) is 13.2 Å². The van der Waals surface area contributed by atoms with Crippen LogP contribution in [0.3, 0.4) is 0 Å². The van der Waals surface area contributed by atoms with Crippen LogP contribution in [0, 0.1) is 0 Å². The van der Waals surface area contributed by atoms with Crippen LogP contribution in [0.5, 0.6) is 5.75 Å². The highest BCUT2D eigenvalue weighted by atomic mass is 16.6. The van der Waals surface area contributed by atoms with Crippen molar-refractivity contribution in [3.05, 3.63) is 29.3 Å². The molecule has 0 radical (unpaired) electrons. The number of carbonyl (C=O) groups is 4. The molecule has 0 bridgehead atoms. The molecule has 8 heteroatoms. The van der Waals surface area contributed by atoms with Crippen LogP contribution in [0.25, 0.3) is 0 Å². The number of esters is 3. The minimum atomic E-state index is -0.884. The molecule has 0 aliphatic heterocycles. The van der Waals surface area contributed by atoms with Crippen molar-refractivity contribution in [1.29, 1.82) is 0 Å². The molecule has 24 heavy (non-hydrogen) atoms. The van der Waals surface area contributed by atoms with Gasteiger partial charge in [0.05, 0.1) is 13.2 Å². The Morgan fingerprint density at radius 2 is 1.58 bits per heavy atom. The lowest BCUT2D eigenvalue weighted by atomic mass is 10.1. The molecular weight excluding hydrogens is 320 g/mol. The monoisotopic (exact) mass is 338 g/mol. The highest BCUT2D eigenvalue weighted by Gasteiger charge is 2.18. The second-order valence-electron chi connectivity index (χ2n) is 4.35. The summed E-state index contributed by atoms with van der Waals surface area (Å²) < 4.78 is 19.4. The van der Waals surface area contributed by atoms with Gasteiger partial charge in [-0.1, -0.05) is 0 Å². The highest BCUT2D eigenvalue weighted by Crippen LogP contribution is 2.21. The van der Waals surface area contributed by atoms with Crippen molar-refractivity contribution in [2.24, 2.45) is 0 Å². The van der Waals surface area contributed by atoms with Crippen LogP contribution in [0.1, 0.15) is 34.6 Å². The molecule has 0 aliphatic carbocycles. The predicted octanol–water partition coefficient (Wildman–Crippen LogP) is 1.16. The predicted molar refractivity (Wildman–Crippen MR) is 80.9 cm³/mol. The highest BCUT2D eigenvalue weighted by molar-refractivity contribution is 5.95. The number of hydrogen-bond acceptors (Lipinski definition) is 8. The first-order chi connectivity index (χ1) is 11.5. The Bertz CT molecular complexity index is 608. The number of aldehydes is 1. The van der Waals surface area contributed by atoms with E-state index in [1.807, 2.05) is 0 Å². The SMILES string of the molecule is CCOC(=O)COC(=O)c1cc(C=O)ccc1OCC(=O)OCC. The molecule has 0 saturated heterocycles. The second-order valence-corrected chi connectivity index (χ2v) is 4.35. The Balaban J connectivity index is 2.84. The van der Waals surface area contributed by atoms with Gasteiger partial charge >= 0.3 is 17.9 Å². The van der Waals surface area contributed by atoms with Crippen molar-refractivity contribution in [3.63, 3.8) is 0 Å². The van der Waals surface area contributed by atoms with Crippen LogP contribution < -0.4 is 4.74 Å². The van der Waals surface area contributed by atoms with Crippen molar-refractivity contribution in [2.45, 2.75) is 13.8 Å². The lowest BCUT2D eigenvalue weighted by Gasteiger charge is -2.11. The van der Waals surface area contributed by atoms with Gasteiger partial charge in [-0.2, -0.15) is 0 Å². The van der Waals surface area contributed by atoms with E-state index in [0.29, 0.717) is 6.29 Å². The van der Waals surface area contributed by atoms with Crippen LogP contribution in [0.15, 0.2) is 18.2 Å². The third-order valence-electron chi connectivity index (χ3n) is 2.64. The van der Waals surface area contributed by atoms with Gasteiger partial charge < -0.3 is 18.9 Å². The molecule has 1 aromatic carbocycles. The number of carbonyl (C=O) groups excluding carboxylic acids is 4. The molecule has 130 valence electrons. The van der Waals surface area contributed by atoms with E-state index in [9.17, 15) is 19.2 Å². The average molecular weight is 338 g/mol. The van der Waals surface area contributed by atoms with Gasteiger partial charge in [0.25, 0.3) is 0 Å². The summed E-state index contributed by atoms with van der Waals surface area (Å²) in [5.41, 5.74) is 0.120. The average Bonchev–Trinajstić information content (AvgIpc) is 2.58. The summed E-state index contributed by atoms with van der Waals surface area (Å²) >= 11 is 0. The number of rotatable bonds is 9. The third kappa shape index (κ3) is 6.07. The molecule has 0 unspecified atom stereocenters. The Hall–Kier alpha value is -2.90. The fraction of sp³-hybridized carbons (Fsp3) is 0.375. The largest absolute Gasteiger partial charge is 0.481 e. The summed E-state index contributed by atoms with van der Waals surface area (Å²) in [5.74, 6) is -2.16. The lowest BCUT2D eigenvalue weighted by molar-refractivity contribution is -0.146. The van der Waals surface area contributed by atoms with Gasteiger partial charge in [-0.05, 0) is 32.0 Å². The van der Waals surface area contributed by atoms with Crippen LogP contribution >= 0.6 is 0 Å². The standard InChI is InChI=1S/C16H18O8/c1-3-21-14(18)9-23-13-6-5-11(8-17)7-12(13)16(20)24-10-15(19)22-4-2/h5-8H,3-4,9-10H2,1-2H3. The molecule has 0 aromatic heterocycles. The summed E-state index contributed by atoms with van der Waals surface area (Å²) in [6.07, 6.45) is 0.539. The van der Waals surface area contributed by atoms with Crippen molar-refractivity contribution < 1.29 is 38.1 Å². The summed E-state index contributed by atoms with van der Waals surface area (Å²) in [6.45, 7) is 2.64. The van der Waals surface area contributed by atoms with E-state index in [1.165, 1.54) is 18.2 Å². The number of hydrogen-bond donors (Lipinski definition) is 0. The minimum Gasteiger partial charge on any atom is -0.481 e. The van der Waals surface area contributed by atoms with Crippen molar-refractivity contribution in [3.8, 4) is 5.75 Å². The van der Waals surface area contributed by atoms with Crippen LogP contribution in [0.4, 0.5) is 0 Å². The van der Waals surface area contributed by atoms with E-state index in [0.717, 1.165) is 0 Å². The molecule has 1 aromatic rings. The zero-order valence-corrected chi connectivity index (χ0v) is 13.4. The normalized spacial score (nSPS) is 9.75. The molecule has 8 nitrogen and oxygen atoms in total. The van der Waals surface area contributed by atoms with Crippen LogP contribution in [-0.2, 0) is 23.8 Å². The number of benzene rings is 1. The quantitative estimate of drug-likeness (QED) is 0.375. The van der Waals surface area contributed by atoms with Crippen LogP contribution in [0.2, 0.25) is 0 Å². The maximum absolute atomic E-state index is 12.1. The first-order valence-corrected chi connectivity index (χ1v) is 7.22. The maximum Gasteiger partial charge on any atom is 0.344 e. The molecule has 0 N–H and O–H groups in total. The summed E-state index contributed by atoms with van der Waals surface area (Å²) in [5, 5.41) is 0.